The summed E-state index contributed by atoms with van der Waals surface area (Å²) in [7, 11) is 0. The number of pyridine rings is 1. The summed E-state index contributed by atoms with van der Waals surface area (Å²) in [4.78, 5) is 22.7. The van der Waals surface area contributed by atoms with Crippen molar-refractivity contribution in [1.29, 1.82) is 5.26 Å². The molecule has 2 aromatic carbocycles. The first-order valence-electron chi connectivity index (χ1n) is 10.4. The quantitative estimate of drug-likeness (QED) is 0.274. The minimum atomic E-state index is -0.344. The number of halogens is 1. The van der Waals surface area contributed by atoms with Gasteiger partial charge in [0.25, 0.3) is 5.56 Å². The maximum atomic E-state index is 13.5. The van der Waals surface area contributed by atoms with E-state index in [1.54, 1.807) is 30.5 Å². The second kappa shape index (κ2) is 8.75. The number of nitrogens with zero attached hydrogens (tertiary/aromatic N) is 4. The minimum Gasteiger partial charge on any atom is -0.438 e. The van der Waals surface area contributed by atoms with Crippen LogP contribution in [0.15, 0.2) is 65.6 Å². The normalized spacial score (nSPS) is 11.6. The van der Waals surface area contributed by atoms with Crippen LogP contribution < -0.4 is 10.3 Å². The summed E-state index contributed by atoms with van der Waals surface area (Å²) >= 11 is 7.54. The predicted molar refractivity (Wildman–Crippen MR) is 136 cm³/mol. The van der Waals surface area contributed by atoms with E-state index in [-0.39, 0.29) is 22.6 Å². The summed E-state index contributed by atoms with van der Waals surface area (Å²) in [6.07, 6.45) is 3.15. The molecule has 0 spiro atoms. The fourth-order valence-electron chi connectivity index (χ4n) is 3.56. The van der Waals surface area contributed by atoms with Crippen molar-refractivity contribution in [3.05, 3.63) is 97.9 Å². The molecule has 8 heteroatoms. The second-order valence-corrected chi connectivity index (χ2v) is 9.13. The molecule has 0 N–H and O–H groups in total. The van der Waals surface area contributed by atoms with Crippen LogP contribution in [0.4, 0.5) is 0 Å². The maximum Gasteiger partial charge on any atom is 0.269 e. The molecule has 5 aromatic rings. The van der Waals surface area contributed by atoms with Crippen molar-refractivity contribution in [3.8, 4) is 17.7 Å². The van der Waals surface area contributed by atoms with E-state index in [0.29, 0.717) is 21.4 Å². The highest BCUT2D eigenvalue weighted by Crippen LogP contribution is 2.31. The van der Waals surface area contributed by atoms with E-state index in [0.717, 1.165) is 21.3 Å². The summed E-state index contributed by atoms with van der Waals surface area (Å²) < 4.78 is 8.48. The van der Waals surface area contributed by atoms with Gasteiger partial charge in [-0.15, -0.1) is 11.3 Å². The lowest BCUT2D eigenvalue weighted by molar-refractivity contribution is 0.460. The molecule has 0 aliphatic carbocycles. The lowest BCUT2D eigenvalue weighted by atomic mass is 10.2. The molecule has 0 fully saturated rings. The predicted octanol–water partition coefficient (Wildman–Crippen LogP) is 6.43. The van der Waals surface area contributed by atoms with Gasteiger partial charge in [-0.2, -0.15) is 10.2 Å². The number of nitriles is 1. The van der Waals surface area contributed by atoms with Crippen molar-refractivity contribution in [2.45, 2.75) is 13.8 Å². The lowest BCUT2D eigenvalue weighted by Gasteiger charge is -2.12. The number of allylic oxidation sites excluding steroid dienone is 1. The topological polar surface area (TPSA) is 80.3 Å². The van der Waals surface area contributed by atoms with Gasteiger partial charge in [0.2, 0.25) is 5.88 Å². The monoisotopic (exact) mass is 484 g/mol. The lowest BCUT2D eigenvalue weighted by Crippen LogP contribution is -2.19. The van der Waals surface area contributed by atoms with Gasteiger partial charge in [0.05, 0.1) is 15.8 Å². The van der Waals surface area contributed by atoms with E-state index in [1.165, 1.54) is 21.8 Å². The average molecular weight is 485 g/mol. The number of hydrogen-bond donors (Lipinski definition) is 0. The van der Waals surface area contributed by atoms with Crippen LogP contribution in [0.3, 0.4) is 0 Å². The Morgan fingerprint density at radius 2 is 1.94 bits per heavy atom. The number of aromatic nitrogens is 3. The molecule has 5 rings (SSSR count). The fraction of sp³-hybridized carbons (Fsp3) is 0.0769. The van der Waals surface area contributed by atoms with Crippen LogP contribution in [-0.4, -0.2) is 14.4 Å². The summed E-state index contributed by atoms with van der Waals surface area (Å²) in [6.45, 7) is 3.74. The molecule has 0 saturated heterocycles. The number of ether oxygens (including phenoxy) is 1. The highest BCUT2D eigenvalue weighted by molar-refractivity contribution is 7.19. The summed E-state index contributed by atoms with van der Waals surface area (Å²) in [5, 5.41) is 11.1. The Labute approximate surface area is 204 Å². The summed E-state index contributed by atoms with van der Waals surface area (Å²) in [6, 6.07) is 18.7. The molecule has 166 valence electrons. The zero-order chi connectivity index (χ0) is 23.8. The Balaban J connectivity index is 1.72. The van der Waals surface area contributed by atoms with Crippen LogP contribution in [0, 0.1) is 25.2 Å². The van der Waals surface area contributed by atoms with Crippen molar-refractivity contribution in [3.63, 3.8) is 0 Å². The van der Waals surface area contributed by atoms with E-state index in [1.807, 2.05) is 44.2 Å². The maximum absolute atomic E-state index is 13.5. The molecule has 3 heterocycles. The zero-order valence-electron chi connectivity index (χ0n) is 18.2. The van der Waals surface area contributed by atoms with Gasteiger partial charge >= 0.3 is 0 Å². The Hall–Kier alpha value is -3.99. The molecular weight excluding hydrogens is 468 g/mol. The fourth-order valence-corrected chi connectivity index (χ4v) is 4.61. The molecular formula is C26H17ClN4O2S. The molecule has 0 unspecified atom stereocenters. The summed E-state index contributed by atoms with van der Waals surface area (Å²) in [5.74, 6) is 0.592. The number of hydrogen-bond acceptors (Lipinski definition) is 6. The van der Waals surface area contributed by atoms with Gasteiger partial charge < -0.3 is 4.74 Å². The molecule has 0 aliphatic rings. The van der Waals surface area contributed by atoms with Crippen LogP contribution in [0.25, 0.3) is 27.5 Å². The largest absolute Gasteiger partial charge is 0.438 e. The first-order valence-corrected chi connectivity index (χ1v) is 11.6. The molecule has 0 atom stereocenters. The van der Waals surface area contributed by atoms with Gasteiger partial charge in [-0.3, -0.25) is 9.20 Å². The number of rotatable bonds is 4. The average Bonchev–Trinajstić information content (AvgIpc) is 3.26. The molecule has 34 heavy (non-hydrogen) atoms. The summed E-state index contributed by atoms with van der Waals surface area (Å²) in [5.41, 5.74) is 2.99. The van der Waals surface area contributed by atoms with Gasteiger partial charge in [0.15, 0.2) is 0 Å². The van der Waals surface area contributed by atoms with Crippen molar-refractivity contribution in [2.24, 2.45) is 0 Å². The van der Waals surface area contributed by atoms with Crippen molar-refractivity contribution >= 4 is 50.5 Å². The first-order chi connectivity index (χ1) is 16.4. The first kappa shape index (κ1) is 21.8. The van der Waals surface area contributed by atoms with Crippen molar-refractivity contribution in [1.82, 2.24) is 14.4 Å². The smallest absolute Gasteiger partial charge is 0.269 e. The van der Waals surface area contributed by atoms with E-state index >= 15 is 0 Å². The van der Waals surface area contributed by atoms with E-state index in [9.17, 15) is 10.1 Å². The molecule has 0 saturated carbocycles. The standard InChI is InChI=1S/C26H17ClN4O2S/c1-15-6-5-11-31-23(15)30-24(33-18-9-10-20(27)16(2)12-18)19(26(31)32)13-17(14-28)25-29-21-7-3-4-8-22(21)34-25/h3-13H,1-2H3. The Morgan fingerprint density at radius 3 is 2.71 bits per heavy atom. The molecule has 0 aliphatic heterocycles. The minimum absolute atomic E-state index is 0.106. The molecule has 0 amide bonds. The molecule has 0 radical (unpaired) electrons. The SMILES string of the molecule is Cc1cc(Oc2nc3c(C)cccn3c(=O)c2C=C(C#N)c2nc3ccccc3s2)ccc1Cl. The number of fused-ring (bicyclic) bond motifs is 2. The van der Waals surface area contributed by atoms with E-state index < -0.39 is 0 Å². The molecule has 0 bridgehead atoms. The number of thiazole rings is 1. The molecule has 6 nitrogen and oxygen atoms in total. The third kappa shape index (κ3) is 3.94. The van der Waals surface area contributed by atoms with Crippen molar-refractivity contribution in [2.75, 3.05) is 0 Å². The Kier molecular flexibility index (Phi) is 5.62. The van der Waals surface area contributed by atoms with Gasteiger partial charge in [0, 0.05) is 11.2 Å². The highest BCUT2D eigenvalue weighted by Gasteiger charge is 2.18. The molecule has 3 aromatic heterocycles. The van der Waals surface area contributed by atoms with E-state index in [4.69, 9.17) is 16.3 Å². The van der Waals surface area contributed by atoms with Crippen LogP contribution in [-0.2, 0) is 0 Å². The zero-order valence-corrected chi connectivity index (χ0v) is 19.8. The second-order valence-electron chi connectivity index (χ2n) is 7.69. The van der Waals surface area contributed by atoms with Crippen LogP contribution in [0.5, 0.6) is 11.6 Å². The van der Waals surface area contributed by atoms with Gasteiger partial charge in [-0.1, -0.05) is 29.8 Å². The van der Waals surface area contributed by atoms with Crippen LogP contribution in [0.2, 0.25) is 5.02 Å². The van der Waals surface area contributed by atoms with Crippen LogP contribution >= 0.6 is 22.9 Å². The number of para-hydroxylation sites is 1. The van der Waals surface area contributed by atoms with Gasteiger partial charge in [-0.25, -0.2) is 4.98 Å². The van der Waals surface area contributed by atoms with Crippen molar-refractivity contribution < 1.29 is 4.74 Å². The number of benzene rings is 2. The van der Waals surface area contributed by atoms with Gasteiger partial charge in [-0.05, 0) is 67.4 Å². The van der Waals surface area contributed by atoms with E-state index in [2.05, 4.69) is 16.0 Å². The Bertz CT molecular complexity index is 1680. The number of aryl methyl sites for hydroxylation is 2. The Morgan fingerprint density at radius 1 is 1.12 bits per heavy atom. The third-order valence-electron chi connectivity index (χ3n) is 5.33. The van der Waals surface area contributed by atoms with Gasteiger partial charge in [0.1, 0.15) is 28.0 Å². The van der Waals surface area contributed by atoms with Crippen LogP contribution in [0.1, 0.15) is 21.7 Å². The highest BCUT2D eigenvalue weighted by atomic mass is 35.5. The third-order valence-corrected chi connectivity index (χ3v) is 6.82.